The van der Waals surface area contributed by atoms with Gasteiger partial charge in [0.25, 0.3) is 0 Å². The van der Waals surface area contributed by atoms with Gasteiger partial charge in [-0.2, -0.15) is 0 Å². The third-order valence-corrected chi connectivity index (χ3v) is 3.06. The van der Waals surface area contributed by atoms with Crippen LogP contribution in [0.15, 0.2) is 34.3 Å². The Labute approximate surface area is 119 Å². The molecule has 0 saturated heterocycles. The average molecular weight is 312 g/mol. The third kappa shape index (κ3) is 5.69. The number of ether oxygens (including phenoxy) is 1. The summed E-state index contributed by atoms with van der Waals surface area (Å²) in [6.07, 6.45) is 2.07. The summed E-state index contributed by atoms with van der Waals surface area (Å²) in [5.74, 6) is 0.890. The van der Waals surface area contributed by atoms with E-state index in [-0.39, 0.29) is 0 Å². The second-order valence-corrected chi connectivity index (χ2v) is 5.75. The highest BCUT2D eigenvalue weighted by Crippen LogP contribution is 2.26. The Kier molecular flexibility index (Phi) is 6.44. The van der Waals surface area contributed by atoms with Crippen LogP contribution in [0.5, 0.6) is 5.75 Å². The molecule has 1 rings (SSSR count). The summed E-state index contributed by atoms with van der Waals surface area (Å²) in [6.45, 7) is 9.92. The third-order valence-electron chi connectivity index (χ3n) is 2.44. The molecular weight excluding hydrogens is 290 g/mol. The molecule has 0 saturated carbocycles. The molecule has 0 heterocycles. The van der Waals surface area contributed by atoms with Crippen LogP contribution in [0, 0.1) is 0 Å². The first kappa shape index (κ1) is 15.3. The maximum atomic E-state index is 5.68. The normalized spacial score (nSPS) is 10.6. The van der Waals surface area contributed by atoms with Crippen LogP contribution in [0.25, 0.3) is 0 Å². The maximum absolute atomic E-state index is 5.68. The Morgan fingerprint density at radius 3 is 2.67 bits per heavy atom. The van der Waals surface area contributed by atoms with E-state index in [0.717, 1.165) is 16.8 Å². The van der Waals surface area contributed by atoms with E-state index in [9.17, 15) is 0 Å². The van der Waals surface area contributed by atoms with Crippen LogP contribution in [0.2, 0.25) is 0 Å². The molecule has 0 aliphatic carbocycles. The van der Waals surface area contributed by atoms with Gasteiger partial charge in [-0.25, -0.2) is 0 Å². The summed E-state index contributed by atoms with van der Waals surface area (Å²) >= 11 is 3.55. The van der Waals surface area contributed by atoms with E-state index in [2.05, 4.69) is 67.2 Å². The summed E-state index contributed by atoms with van der Waals surface area (Å²) < 4.78 is 6.69. The average Bonchev–Trinajstić information content (AvgIpc) is 2.28. The van der Waals surface area contributed by atoms with E-state index in [0.29, 0.717) is 12.6 Å². The van der Waals surface area contributed by atoms with Crippen molar-refractivity contribution in [2.75, 3.05) is 6.61 Å². The van der Waals surface area contributed by atoms with Gasteiger partial charge in [0.1, 0.15) is 12.4 Å². The van der Waals surface area contributed by atoms with Gasteiger partial charge < -0.3 is 10.1 Å². The molecule has 100 valence electrons. The van der Waals surface area contributed by atoms with Gasteiger partial charge in [-0.15, -0.1) is 0 Å². The van der Waals surface area contributed by atoms with Crippen LogP contribution < -0.4 is 10.1 Å². The maximum Gasteiger partial charge on any atom is 0.133 e. The van der Waals surface area contributed by atoms with Gasteiger partial charge in [-0.05, 0) is 53.5 Å². The number of hydrogen-bond donors (Lipinski definition) is 1. The Balaban J connectivity index is 2.59. The second-order valence-electron chi connectivity index (χ2n) is 4.89. The molecule has 0 fully saturated rings. The number of allylic oxidation sites excluding steroid dienone is 1. The molecule has 0 aliphatic heterocycles. The molecule has 0 bridgehead atoms. The van der Waals surface area contributed by atoms with Crippen LogP contribution in [0.3, 0.4) is 0 Å². The molecule has 0 unspecified atom stereocenters. The molecular formula is C15H22BrNO. The highest BCUT2D eigenvalue weighted by Gasteiger charge is 2.02. The Hall–Kier alpha value is -0.800. The monoisotopic (exact) mass is 311 g/mol. The molecule has 0 aliphatic rings. The number of halogens is 1. The summed E-state index contributed by atoms with van der Waals surface area (Å²) in [7, 11) is 0. The Bertz CT molecular complexity index is 409. The molecule has 1 N–H and O–H groups in total. The van der Waals surface area contributed by atoms with Crippen LogP contribution in [-0.4, -0.2) is 12.6 Å². The van der Waals surface area contributed by atoms with Crippen molar-refractivity contribution >= 4 is 15.9 Å². The quantitative estimate of drug-likeness (QED) is 0.791. The van der Waals surface area contributed by atoms with Crippen LogP contribution in [0.1, 0.15) is 33.3 Å². The highest BCUT2D eigenvalue weighted by atomic mass is 79.9. The fourth-order valence-electron chi connectivity index (χ4n) is 1.39. The van der Waals surface area contributed by atoms with Crippen molar-refractivity contribution in [3.05, 3.63) is 39.9 Å². The van der Waals surface area contributed by atoms with Gasteiger partial charge in [0.05, 0.1) is 4.47 Å². The van der Waals surface area contributed by atoms with Crippen molar-refractivity contribution < 1.29 is 4.74 Å². The van der Waals surface area contributed by atoms with Crippen molar-refractivity contribution in [3.8, 4) is 5.75 Å². The van der Waals surface area contributed by atoms with Gasteiger partial charge in [-0.1, -0.05) is 25.5 Å². The molecule has 0 radical (unpaired) electrons. The number of rotatable bonds is 6. The molecule has 2 nitrogen and oxygen atoms in total. The molecule has 1 aromatic rings. The Morgan fingerprint density at radius 1 is 1.39 bits per heavy atom. The van der Waals surface area contributed by atoms with E-state index in [4.69, 9.17) is 4.74 Å². The molecule has 18 heavy (non-hydrogen) atoms. The summed E-state index contributed by atoms with van der Waals surface area (Å²) in [5, 5.41) is 3.40. The first-order valence-electron chi connectivity index (χ1n) is 6.27. The lowest BCUT2D eigenvalue weighted by Crippen LogP contribution is -2.21. The smallest absolute Gasteiger partial charge is 0.133 e. The molecule has 0 aromatic heterocycles. The molecule has 0 spiro atoms. The molecule has 0 amide bonds. The van der Waals surface area contributed by atoms with Gasteiger partial charge in [0.2, 0.25) is 0 Å². The van der Waals surface area contributed by atoms with Crippen molar-refractivity contribution in [2.45, 2.75) is 40.3 Å². The predicted molar refractivity (Wildman–Crippen MR) is 81.0 cm³/mol. The zero-order chi connectivity index (χ0) is 13.5. The van der Waals surface area contributed by atoms with Gasteiger partial charge in [0.15, 0.2) is 0 Å². The molecule has 3 heteroatoms. The zero-order valence-electron chi connectivity index (χ0n) is 11.6. The minimum atomic E-state index is 0.498. The van der Waals surface area contributed by atoms with Crippen molar-refractivity contribution in [1.82, 2.24) is 5.32 Å². The topological polar surface area (TPSA) is 21.3 Å². The van der Waals surface area contributed by atoms with Crippen molar-refractivity contribution in [2.24, 2.45) is 0 Å². The number of nitrogens with one attached hydrogen (secondary N) is 1. The summed E-state index contributed by atoms with van der Waals surface area (Å²) in [6, 6.07) is 6.71. The van der Waals surface area contributed by atoms with Crippen LogP contribution in [-0.2, 0) is 6.54 Å². The number of benzene rings is 1. The van der Waals surface area contributed by atoms with Crippen LogP contribution in [0.4, 0.5) is 0 Å². The second kappa shape index (κ2) is 7.59. The lowest BCUT2D eigenvalue weighted by atomic mass is 10.2. The van der Waals surface area contributed by atoms with Crippen molar-refractivity contribution in [3.63, 3.8) is 0 Å². The fourth-order valence-corrected chi connectivity index (χ4v) is 1.93. The van der Waals surface area contributed by atoms with E-state index in [1.54, 1.807) is 0 Å². The predicted octanol–water partition coefficient (Wildman–Crippen LogP) is 4.29. The first-order chi connectivity index (χ1) is 8.49. The largest absolute Gasteiger partial charge is 0.488 e. The van der Waals surface area contributed by atoms with E-state index in [1.165, 1.54) is 11.1 Å². The summed E-state index contributed by atoms with van der Waals surface area (Å²) in [5.41, 5.74) is 2.52. The molecule has 1 aromatic carbocycles. The van der Waals surface area contributed by atoms with E-state index in [1.807, 2.05) is 6.07 Å². The highest BCUT2D eigenvalue weighted by molar-refractivity contribution is 9.10. The number of hydrogen-bond acceptors (Lipinski definition) is 2. The standard InChI is InChI=1S/C15H22BrNO/c1-11(2)7-8-18-15-6-5-13(9-14(15)16)10-17-12(3)4/h5-7,9,12,17H,8,10H2,1-4H3. The first-order valence-corrected chi connectivity index (χ1v) is 7.06. The van der Waals surface area contributed by atoms with Gasteiger partial charge >= 0.3 is 0 Å². The minimum Gasteiger partial charge on any atom is -0.488 e. The van der Waals surface area contributed by atoms with Gasteiger partial charge in [0, 0.05) is 12.6 Å². The van der Waals surface area contributed by atoms with E-state index < -0.39 is 0 Å². The summed E-state index contributed by atoms with van der Waals surface area (Å²) in [4.78, 5) is 0. The fraction of sp³-hybridized carbons (Fsp3) is 0.467. The SMILES string of the molecule is CC(C)=CCOc1ccc(CNC(C)C)cc1Br. The lowest BCUT2D eigenvalue weighted by molar-refractivity contribution is 0.359. The minimum absolute atomic E-state index is 0.498. The lowest BCUT2D eigenvalue weighted by Gasteiger charge is -2.11. The molecule has 0 atom stereocenters. The zero-order valence-corrected chi connectivity index (χ0v) is 13.2. The van der Waals surface area contributed by atoms with E-state index >= 15 is 0 Å². The van der Waals surface area contributed by atoms with Crippen LogP contribution >= 0.6 is 15.9 Å². The van der Waals surface area contributed by atoms with Gasteiger partial charge in [-0.3, -0.25) is 0 Å². The Morgan fingerprint density at radius 2 is 2.11 bits per heavy atom. The van der Waals surface area contributed by atoms with Crippen molar-refractivity contribution in [1.29, 1.82) is 0 Å².